The molecule has 0 atom stereocenters. The molecule has 0 bridgehead atoms. The van der Waals surface area contributed by atoms with E-state index in [0.29, 0.717) is 0 Å². The van der Waals surface area contributed by atoms with Gasteiger partial charge in [-0.2, -0.15) is 0 Å². The Morgan fingerprint density at radius 3 is 1.79 bits per heavy atom. The predicted molar refractivity (Wildman–Crippen MR) is 57.6 cm³/mol. The molecular formula is C8H12N3O8-. The van der Waals surface area contributed by atoms with E-state index in [9.17, 15) is 30.3 Å². The van der Waals surface area contributed by atoms with Crippen LogP contribution in [0.15, 0.2) is 0 Å². The Bertz CT molecular complexity index is 385. The molecule has 1 fully saturated rings. The molecule has 1 heterocycles. The van der Waals surface area contributed by atoms with Crippen molar-refractivity contribution in [3.63, 3.8) is 0 Å². The third-order valence-corrected chi connectivity index (χ3v) is 2.67. The van der Waals surface area contributed by atoms with Crippen LogP contribution in [0.2, 0.25) is 0 Å². The minimum absolute atomic E-state index is 0.502. The summed E-state index contributed by atoms with van der Waals surface area (Å²) in [6.45, 7) is 2.03. The van der Waals surface area contributed by atoms with Crippen LogP contribution in [0.1, 0.15) is 20.3 Å². The van der Waals surface area contributed by atoms with Crippen molar-refractivity contribution in [3.8, 4) is 0 Å². The summed E-state index contributed by atoms with van der Waals surface area (Å²) in [6, 6.07) is 0. The quantitative estimate of drug-likeness (QED) is 0.393. The van der Waals surface area contributed by atoms with Crippen LogP contribution >= 0.6 is 0 Å². The lowest BCUT2D eigenvalue weighted by molar-refractivity contribution is -0.688. The first-order chi connectivity index (χ1) is 8.60. The van der Waals surface area contributed by atoms with Gasteiger partial charge in [0.25, 0.3) is 11.7 Å². The molecule has 0 aromatic rings. The maximum atomic E-state index is 11.1. The van der Waals surface area contributed by atoms with Gasteiger partial charge in [0.05, 0.1) is 0 Å². The van der Waals surface area contributed by atoms with E-state index in [2.05, 4.69) is 0 Å². The van der Waals surface area contributed by atoms with E-state index < -0.39 is 51.9 Å². The van der Waals surface area contributed by atoms with E-state index in [1.54, 1.807) is 0 Å². The SMILES string of the molecule is CC1(C)OCC(C[C-]([N+](=O)[O-])[N+](=O)[O-])([N+](=O)[O-])CO1. The minimum Gasteiger partial charge on any atom is -0.343 e. The third-order valence-electron chi connectivity index (χ3n) is 2.67. The Morgan fingerprint density at radius 2 is 1.47 bits per heavy atom. The summed E-state index contributed by atoms with van der Waals surface area (Å²) in [5.41, 5.74) is -2.02. The van der Waals surface area contributed by atoms with Gasteiger partial charge in [-0.25, -0.2) is 0 Å². The average molecular weight is 278 g/mol. The summed E-state index contributed by atoms with van der Waals surface area (Å²) in [6.07, 6.45) is -2.33. The lowest BCUT2D eigenvalue weighted by Gasteiger charge is -2.38. The van der Waals surface area contributed by atoms with E-state index in [0.717, 1.165) is 0 Å². The Labute approximate surface area is 106 Å². The zero-order valence-electron chi connectivity index (χ0n) is 10.2. The highest BCUT2D eigenvalue weighted by Crippen LogP contribution is 2.31. The molecule has 1 rings (SSSR count). The lowest BCUT2D eigenvalue weighted by Crippen LogP contribution is -2.57. The molecule has 11 heteroatoms. The summed E-state index contributed by atoms with van der Waals surface area (Å²) in [4.78, 5) is 28.8. The lowest BCUT2D eigenvalue weighted by atomic mass is 9.95. The van der Waals surface area contributed by atoms with Gasteiger partial charge in [-0.15, -0.1) is 0 Å². The Kier molecular flexibility index (Phi) is 3.91. The van der Waals surface area contributed by atoms with E-state index in [1.165, 1.54) is 13.8 Å². The summed E-state index contributed by atoms with van der Waals surface area (Å²) in [5.74, 6) is -1.07. The van der Waals surface area contributed by atoms with E-state index in [-0.39, 0.29) is 0 Å². The van der Waals surface area contributed by atoms with Crippen LogP contribution in [-0.2, 0) is 9.47 Å². The standard InChI is InChI=1S/C8H12N3O8/c1-7(2)18-4-8(5-19-7,11(16)17)3-6(9(12)13)10(14)15/h3-5H2,1-2H3/q-1. The maximum absolute atomic E-state index is 11.1. The van der Waals surface area contributed by atoms with Crippen molar-refractivity contribution in [2.24, 2.45) is 0 Å². The number of hydrogen-bond acceptors (Lipinski definition) is 8. The number of nitro groups is 3. The molecule has 0 aromatic heterocycles. The zero-order valence-corrected chi connectivity index (χ0v) is 10.2. The van der Waals surface area contributed by atoms with Crippen LogP contribution in [0.4, 0.5) is 0 Å². The molecule has 19 heavy (non-hydrogen) atoms. The Hall–Kier alpha value is -2.01. The normalized spacial score (nSPS) is 20.5. The second kappa shape index (κ2) is 4.93. The largest absolute Gasteiger partial charge is 0.343 e. The number of nitrogens with zero attached hydrogens (tertiary/aromatic N) is 3. The Morgan fingerprint density at radius 1 is 1.05 bits per heavy atom. The van der Waals surface area contributed by atoms with Crippen molar-refractivity contribution >= 4 is 0 Å². The molecule has 1 saturated heterocycles. The predicted octanol–water partition coefficient (Wildman–Crippen LogP) is 0.218. The van der Waals surface area contributed by atoms with Crippen LogP contribution in [-0.4, -0.2) is 39.3 Å². The molecule has 108 valence electrons. The van der Waals surface area contributed by atoms with Crippen molar-refractivity contribution in [1.82, 2.24) is 0 Å². The molecule has 0 radical (unpaired) electrons. The highest BCUT2D eigenvalue weighted by molar-refractivity contribution is 4.89. The zero-order chi connectivity index (χ0) is 14.8. The summed E-state index contributed by atoms with van der Waals surface area (Å²) in [5, 5.41) is 32.1. The Balaban J connectivity index is 2.93. The van der Waals surface area contributed by atoms with Gasteiger partial charge in [0.1, 0.15) is 13.2 Å². The van der Waals surface area contributed by atoms with Gasteiger partial charge in [0.15, 0.2) is 5.79 Å². The van der Waals surface area contributed by atoms with Gasteiger partial charge in [-0.3, -0.25) is 30.3 Å². The fourth-order valence-electron chi connectivity index (χ4n) is 1.46. The molecule has 0 aliphatic carbocycles. The van der Waals surface area contributed by atoms with Gasteiger partial charge in [0.2, 0.25) is 0 Å². The smallest absolute Gasteiger partial charge is 0.271 e. The van der Waals surface area contributed by atoms with Gasteiger partial charge < -0.3 is 9.47 Å². The number of rotatable bonds is 5. The second-order valence-corrected chi connectivity index (χ2v) is 4.57. The van der Waals surface area contributed by atoms with Gasteiger partial charge in [0, 0.05) is 11.3 Å². The highest BCUT2D eigenvalue weighted by atomic mass is 16.7. The van der Waals surface area contributed by atoms with Crippen molar-refractivity contribution < 1.29 is 24.2 Å². The van der Waals surface area contributed by atoms with Crippen molar-refractivity contribution in [3.05, 3.63) is 36.5 Å². The summed E-state index contributed by atoms with van der Waals surface area (Å²) in [7, 11) is 0. The molecule has 0 aromatic carbocycles. The van der Waals surface area contributed by atoms with Crippen LogP contribution in [0.3, 0.4) is 0 Å². The fraction of sp³-hybridized carbons (Fsp3) is 0.875. The van der Waals surface area contributed by atoms with E-state index in [4.69, 9.17) is 9.47 Å². The van der Waals surface area contributed by atoms with Gasteiger partial charge in [-0.1, -0.05) is 0 Å². The minimum atomic E-state index is -2.02. The molecule has 1 aliphatic heterocycles. The van der Waals surface area contributed by atoms with Crippen LogP contribution in [0.25, 0.3) is 0 Å². The number of ether oxygens (including phenoxy) is 2. The molecule has 0 spiro atoms. The van der Waals surface area contributed by atoms with Crippen molar-refractivity contribution in [2.45, 2.75) is 31.6 Å². The maximum Gasteiger partial charge on any atom is 0.271 e. The topological polar surface area (TPSA) is 148 Å². The van der Waals surface area contributed by atoms with E-state index >= 15 is 0 Å². The molecule has 0 N–H and O–H groups in total. The molecule has 1 aliphatic rings. The molecule has 0 saturated carbocycles. The van der Waals surface area contributed by atoms with Crippen molar-refractivity contribution in [1.29, 1.82) is 0 Å². The monoisotopic (exact) mass is 278 g/mol. The number of hydrogen-bond donors (Lipinski definition) is 0. The molecule has 11 nitrogen and oxygen atoms in total. The first-order valence-corrected chi connectivity index (χ1v) is 5.17. The van der Waals surface area contributed by atoms with Gasteiger partial charge >= 0.3 is 0 Å². The van der Waals surface area contributed by atoms with Gasteiger partial charge in [-0.05, 0) is 23.7 Å². The molecule has 0 unspecified atom stereocenters. The van der Waals surface area contributed by atoms with Crippen LogP contribution in [0, 0.1) is 36.5 Å². The third kappa shape index (κ3) is 3.26. The van der Waals surface area contributed by atoms with E-state index in [1.807, 2.05) is 0 Å². The van der Waals surface area contributed by atoms with Crippen LogP contribution in [0.5, 0.6) is 0 Å². The second-order valence-electron chi connectivity index (χ2n) is 4.57. The molecule has 0 amide bonds. The highest BCUT2D eigenvalue weighted by Gasteiger charge is 2.52. The summed E-state index contributed by atoms with van der Waals surface area (Å²) >= 11 is 0. The summed E-state index contributed by atoms with van der Waals surface area (Å²) < 4.78 is 10.2. The first-order valence-electron chi connectivity index (χ1n) is 5.17. The average Bonchev–Trinajstić information content (AvgIpc) is 2.26. The van der Waals surface area contributed by atoms with Crippen molar-refractivity contribution in [2.75, 3.05) is 13.2 Å². The van der Waals surface area contributed by atoms with Crippen LogP contribution < -0.4 is 0 Å². The fourth-order valence-corrected chi connectivity index (χ4v) is 1.46. The first kappa shape index (κ1) is 15.0. The molecular weight excluding hydrogens is 266 g/mol.